The third kappa shape index (κ3) is 4.13. The number of hydrogen-bond donors (Lipinski definition) is 2. The van der Waals surface area contributed by atoms with E-state index in [1.165, 1.54) is 0 Å². The van der Waals surface area contributed by atoms with E-state index in [2.05, 4.69) is 25.8 Å². The first-order chi connectivity index (χ1) is 17.7. The van der Waals surface area contributed by atoms with Gasteiger partial charge < -0.3 is 19.7 Å². The number of halogens is 2. The molecule has 3 aliphatic rings. The fraction of sp³-hybridized carbons (Fsp3) is 0.500. The second-order valence-corrected chi connectivity index (χ2v) is 11.0. The number of fused-ring (bicyclic) bond motifs is 1. The van der Waals surface area contributed by atoms with E-state index in [0.29, 0.717) is 31.7 Å². The van der Waals surface area contributed by atoms with E-state index in [4.69, 9.17) is 4.74 Å². The average Bonchev–Trinajstić information content (AvgIpc) is 3.30. The lowest BCUT2D eigenvalue weighted by molar-refractivity contribution is -0.186. The standard InChI is InChI=1S/C28H32F2N4O3/c1-17-12-23(37-2)20(18-6-8-31-24(17)18)14-34-11-7-27(15-28(29,30)16-27)13-22(34)19-4-5-21(26(35)36)32-25(19)33-9-3-10-33/h4-6,8,12,22,31H,3,7,9-11,13-16H2,1-2H3,(H,35,36)/t22-/m0/s1. The second-order valence-electron chi connectivity index (χ2n) is 11.0. The van der Waals surface area contributed by atoms with Gasteiger partial charge in [0.25, 0.3) is 0 Å². The molecule has 196 valence electrons. The molecule has 0 unspecified atom stereocenters. The molecule has 9 heteroatoms. The van der Waals surface area contributed by atoms with Crippen molar-refractivity contribution in [1.29, 1.82) is 0 Å². The van der Waals surface area contributed by atoms with Crippen molar-refractivity contribution in [3.05, 3.63) is 52.8 Å². The van der Waals surface area contributed by atoms with Crippen LogP contribution in [0.4, 0.5) is 14.6 Å². The fourth-order valence-corrected chi connectivity index (χ4v) is 6.64. The summed E-state index contributed by atoms with van der Waals surface area (Å²) in [7, 11) is 1.67. The summed E-state index contributed by atoms with van der Waals surface area (Å²) in [6, 6.07) is 7.34. The predicted molar refractivity (Wildman–Crippen MR) is 137 cm³/mol. The maximum atomic E-state index is 14.1. The highest BCUT2D eigenvalue weighted by molar-refractivity contribution is 5.88. The van der Waals surface area contributed by atoms with Crippen molar-refractivity contribution in [3.63, 3.8) is 0 Å². The van der Waals surface area contributed by atoms with Gasteiger partial charge in [-0.2, -0.15) is 0 Å². The van der Waals surface area contributed by atoms with Crippen LogP contribution >= 0.6 is 0 Å². The molecule has 3 aromatic rings. The Hall–Kier alpha value is -3.20. The summed E-state index contributed by atoms with van der Waals surface area (Å²) < 4.78 is 34.0. The molecule has 1 saturated carbocycles. The molecule has 0 amide bonds. The minimum Gasteiger partial charge on any atom is -0.496 e. The van der Waals surface area contributed by atoms with Crippen LogP contribution in [0.1, 0.15) is 65.3 Å². The third-order valence-corrected chi connectivity index (χ3v) is 8.60. The number of H-pyrrole nitrogens is 1. The van der Waals surface area contributed by atoms with Crippen LogP contribution in [0.15, 0.2) is 30.5 Å². The highest BCUT2D eigenvalue weighted by Gasteiger charge is 2.58. The molecule has 1 atom stereocenters. The number of aromatic carboxylic acids is 1. The summed E-state index contributed by atoms with van der Waals surface area (Å²) in [5, 5.41) is 10.7. The first-order valence-electron chi connectivity index (χ1n) is 12.9. The number of carboxylic acids is 1. The maximum absolute atomic E-state index is 14.1. The number of piperidine rings is 1. The van der Waals surface area contributed by atoms with Gasteiger partial charge in [0.2, 0.25) is 5.92 Å². The van der Waals surface area contributed by atoms with Gasteiger partial charge in [0.1, 0.15) is 11.6 Å². The van der Waals surface area contributed by atoms with Gasteiger partial charge in [-0.25, -0.2) is 18.6 Å². The predicted octanol–water partition coefficient (Wildman–Crippen LogP) is 5.54. The summed E-state index contributed by atoms with van der Waals surface area (Å²) in [6.07, 6.45) is 4.09. The molecular weight excluding hydrogens is 478 g/mol. The van der Waals surface area contributed by atoms with Crippen molar-refractivity contribution in [2.75, 3.05) is 31.6 Å². The number of pyridine rings is 1. The zero-order valence-corrected chi connectivity index (χ0v) is 21.2. The van der Waals surface area contributed by atoms with Gasteiger partial charge in [-0.3, -0.25) is 4.90 Å². The molecule has 2 aromatic heterocycles. The molecule has 2 N–H and O–H groups in total. The molecule has 3 fully saturated rings. The summed E-state index contributed by atoms with van der Waals surface area (Å²) in [6.45, 7) is 4.94. The number of rotatable bonds is 6. The average molecular weight is 511 g/mol. The monoisotopic (exact) mass is 510 g/mol. The number of aromatic amines is 1. The summed E-state index contributed by atoms with van der Waals surface area (Å²) >= 11 is 0. The van der Waals surface area contributed by atoms with E-state index in [0.717, 1.165) is 52.9 Å². The van der Waals surface area contributed by atoms with Gasteiger partial charge in [-0.1, -0.05) is 6.07 Å². The second kappa shape index (κ2) is 8.68. The van der Waals surface area contributed by atoms with E-state index >= 15 is 0 Å². The highest BCUT2D eigenvalue weighted by atomic mass is 19.3. The number of anilines is 1. The number of likely N-dealkylation sites (tertiary alicyclic amines) is 1. The van der Waals surface area contributed by atoms with Crippen LogP contribution in [0.2, 0.25) is 0 Å². The van der Waals surface area contributed by atoms with Gasteiger partial charge in [0.05, 0.1) is 7.11 Å². The lowest BCUT2D eigenvalue weighted by Crippen LogP contribution is -2.53. The molecule has 1 aromatic carbocycles. The Labute approximate surface area is 214 Å². The van der Waals surface area contributed by atoms with Gasteiger partial charge in [0.15, 0.2) is 5.69 Å². The number of benzene rings is 1. The van der Waals surface area contributed by atoms with Crippen molar-refractivity contribution in [3.8, 4) is 5.75 Å². The van der Waals surface area contributed by atoms with Crippen LogP contribution in [-0.4, -0.2) is 58.6 Å². The lowest BCUT2D eigenvalue weighted by atomic mass is 9.59. The Balaban J connectivity index is 1.42. The maximum Gasteiger partial charge on any atom is 0.354 e. The molecule has 37 heavy (non-hydrogen) atoms. The van der Waals surface area contributed by atoms with E-state index in [1.807, 2.05) is 25.3 Å². The lowest BCUT2D eigenvalue weighted by Gasteiger charge is -2.55. The highest BCUT2D eigenvalue weighted by Crippen LogP contribution is 2.61. The molecule has 2 aliphatic heterocycles. The van der Waals surface area contributed by atoms with E-state index in [1.54, 1.807) is 13.2 Å². The van der Waals surface area contributed by atoms with Crippen LogP contribution in [-0.2, 0) is 6.54 Å². The van der Waals surface area contributed by atoms with E-state index < -0.39 is 17.3 Å². The minimum absolute atomic E-state index is 0.00661. The fourth-order valence-electron chi connectivity index (χ4n) is 6.64. The van der Waals surface area contributed by atoms with Gasteiger partial charge >= 0.3 is 5.97 Å². The van der Waals surface area contributed by atoms with Crippen LogP contribution in [0.25, 0.3) is 10.9 Å². The zero-order valence-electron chi connectivity index (χ0n) is 21.2. The van der Waals surface area contributed by atoms with Gasteiger partial charge in [0, 0.05) is 66.7 Å². The zero-order chi connectivity index (χ0) is 25.9. The van der Waals surface area contributed by atoms with Crippen molar-refractivity contribution in [2.24, 2.45) is 5.41 Å². The molecule has 1 aliphatic carbocycles. The number of carbonyl (C=O) groups is 1. The number of alkyl halides is 2. The Bertz CT molecular complexity index is 1360. The number of ether oxygens (including phenoxy) is 1. The number of nitrogens with zero attached hydrogens (tertiary/aromatic N) is 3. The normalized spacial score (nSPS) is 22.6. The molecule has 6 rings (SSSR count). The Morgan fingerprint density at radius 1 is 1.24 bits per heavy atom. The van der Waals surface area contributed by atoms with Gasteiger partial charge in [-0.15, -0.1) is 0 Å². The summed E-state index contributed by atoms with van der Waals surface area (Å²) in [4.78, 5) is 24.0. The van der Waals surface area contributed by atoms with E-state index in [9.17, 15) is 18.7 Å². The molecule has 1 spiro atoms. The Kier molecular flexibility index (Phi) is 5.67. The Morgan fingerprint density at radius 2 is 2.03 bits per heavy atom. The molecule has 0 bridgehead atoms. The van der Waals surface area contributed by atoms with Crippen LogP contribution in [0, 0.1) is 12.3 Å². The quantitative estimate of drug-likeness (QED) is 0.453. The topological polar surface area (TPSA) is 81.7 Å². The number of aromatic nitrogens is 2. The van der Waals surface area contributed by atoms with Gasteiger partial charge in [-0.05, 0) is 61.9 Å². The van der Waals surface area contributed by atoms with Crippen LogP contribution in [0.3, 0.4) is 0 Å². The minimum atomic E-state index is -2.60. The summed E-state index contributed by atoms with van der Waals surface area (Å²) in [5.41, 5.74) is 3.75. The van der Waals surface area contributed by atoms with Crippen molar-refractivity contribution in [1.82, 2.24) is 14.9 Å². The molecule has 4 heterocycles. The number of hydrogen-bond acceptors (Lipinski definition) is 5. The smallest absolute Gasteiger partial charge is 0.354 e. The number of methoxy groups -OCH3 is 1. The SMILES string of the molecule is COc1cc(C)c2[nH]ccc2c1CN1CCC2(C[C@H]1c1ccc(C(=O)O)nc1N1CCC1)CC(F)(F)C2. The van der Waals surface area contributed by atoms with Crippen molar-refractivity contribution >= 4 is 22.7 Å². The number of carboxylic acid groups (broad SMARTS) is 1. The van der Waals surface area contributed by atoms with Crippen LogP contribution in [0.5, 0.6) is 5.75 Å². The number of nitrogens with one attached hydrogen (secondary N) is 1. The molecule has 7 nitrogen and oxygen atoms in total. The van der Waals surface area contributed by atoms with Crippen LogP contribution < -0.4 is 9.64 Å². The first-order valence-corrected chi connectivity index (χ1v) is 12.9. The number of aryl methyl sites for hydroxylation is 1. The molecular formula is C28H32F2N4O3. The largest absolute Gasteiger partial charge is 0.496 e. The molecule has 2 saturated heterocycles. The van der Waals surface area contributed by atoms with Crippen molar-refractivity contribution in [2.45, 2.75) is 57.5 Å². The first kappa shape index (κ1) is 24.2. The van der Waals surface area contributed by atoms with E-state index in [-0.39, 0.29) is 24.6 Å². The summed E-state index contributed by atoms with van der Waals surface area (Å²) in [5.74, 6) is -2.19. The molecule has 0 radical (unpaired) electrons. The van der Waals surface area contributed by atoms with Crippen molar-refractivity contribution < 1.29 is 23.4 Å². The third-order valence-electron chi connectivity index (χ3n) is 8.60. The Morgan fingerprint density at radius 3 is 2.68 bits per heavy atom.